The molecule has 1 aromatic carbocycles. The molecule has 1 aliphatic carbocycles. The van der Waals surface area contributed by atoms with Crippen molar-refractivity contribution in [3.05, 3.63) is 51.2 Å². The van der Waals surface area contributed by atoms with Crippen molar-refractivity contribution in [3.63, 3.8) is 0 Å². The Morgan fingerprint density at radius 2 is 2.04 bits per heavy atom. The number of amides is 1. The van der Waals surface area contributed by atoms with Crippen LogP contribution in [0.3, 0.4) is 0 Å². The fourth-order valence-corrected chi connectivity index (χ4v) is 4.44. The largest absolute Gasteiger partial charge is 0.451 e. The Labute approximate surface area is 164 Å². The van der Waals surface area contributed by atoms with E-state index in [1.54, 1.807) is 0 Å². The molecular formula is C22H27NO3S. The number of fused-ring (bicyclic) bond motifs is 1. The number of aryl methyl sites for hydroxylation is 1. The number of benzene rings is 1. The number of hydrogen-bond donors (Lipinski definition) is 1. The second-order valence-corrected chi connectivity index (χ2v) is 8.60. The third kappa shape index (κ3) is 4.98. The van der Waals surface area contributed by atoms with Crippen molar-refractivity contribution in [2.45, 2.75) is 52.4 Å². The molecule has 2 aromatic rings. The predicted molar refractivity (Wildman–Crippen MR) is 110 cm³/mol. The minimum atomic E-state index is -0.413. The molecule has 1 amide bonds. The number of thiophene rings is 1. The highest BCUT2D eigenvalue weighted by Crippen LogP contribution is 2.32. The first kappa shape index (κ1) is 19.6. The molecule has 0 unspecified atom stereocenters. The zero-order valence-corrected chi connectivity index (χ0v) is 17.0. The highest BCUT2D eigenvalue weighted by Gasteiger charge is 2.21. The number of nitrogens with one attached hydrogen (secondary N) is 1. The van der Waals surface area contributed by atoms with Gasteiger partial charge in [0.15, 0.2) is 6.61 Å². The third-order valence-electron chi connectivity index (χ3n) is 5.24. The molecule has 0 bridgehead atoms. The minimum Gasteiger partial charge on any atom is -0.451 e. The average molecular weight is 386 g/mol. The fourth-order valence-electron chi connectivity index (χ4n) is 3.34. The van der Waals surface area contributed by atoms with Gasteiger partial charge in [-0.1, -0.05) is 32.9 Å². The maximum atomic E-state index is 12.3. The monoisotopic (exact) mass is 385 g/mol. The Morgan fingerprint density at radius 1 is 1.30 bits per heavy atom. The van der Waals surface area contributed by atoms with E-state index in [1.807, 2.05) is 30.3 Å². The van der Waals surface area contributed by atoms with Gasteiger partial charge in [0.25, 0.3) is 5.91 Å². The standard InChI is InChI=1S/C22H27NO3S/c1-4-15(3)16-6-8-18(9-7-16)23-21(24)13-26-22(25)20-12-17-11-14(2)5-10-19(17)27-20/h6-9,12,14-15H,4-5,10-11,13H2,1-3H3,(H,23,24)/t14-,15-/m0/s1. The van der Waals surface area contributed by atoms with E-state index >= 15 is 0 Å². The SMILES string of the molecule is CC[C@H](C)c1ccc(NC(=O)COC(=O)c2cc3c(s2)CC[C@H](C)C3)cc1. The van der Waals surface area contributed by atoms with Crippen LogP contribution in [0.15, 0.2) is 30.3 Å². The molecule has 3 rings (SSSR count). The first-order valence-electron chi connectivity index (χ1n) is 9.64. The lowest BCUT2D eigenvalue weighted by atomic mass is 9.90. The molecule has 4 nitrogen and oxygen atoms in total. The zero-order chi connectivity index (χ0) is 19.4. The summed E-state index contributed by atoms with van der Waals surface area (Å²) in [6, 6.07) is 9.74. The first-order valence-corrected chi connectivity index (χ1v) is 10.5. The van der Waals surface area contributed by atoms with Crippen molar-refractivity contribution >= 4 is 28.9 Å². The van der Waals surface area contributed by atoms with Crippen LogP contribution in [0.4, 0.5) is 5.69 Å². The van der Waals surface area contributed by atoms with Gasteiger partial charge in [0.2, 0.25) is 0 Å². The van der Waals surface area contributed by atoms with Crippen LogP contribution < -0.4 is 5.32 Å². The minimum absolute atomic E-state index is 0.273. The van der Waals surface area contributed by atoms with E-state index in [4.69, 9.17) is 4.74 Å². The van der Waals surface area contributed by atoms with E-state index in [2.05, 4.69) is 26.1 Å². The van der Waals surface area contributed by atoms with Gasteiger partial charge in [0.1, 0.15) is 4.88 Å². The predicted octanol–water partition coefficient (Wildman–Crippen LogP) is 5.18. The summed E-state index contributed by atoms with van der Waals surface area (Å²) in [6.07, 6.45) is 4.29. The Kier molecular flexibility index (Phi) is 6.32. The fraction of sp³-hybridized carbons (Fsp3) is 0.455. The molecule has 27 heavy (non-hydrogen) atoms. The summed E-state index contributed by atoms with van der Waals surface area (Å²) in [5.41, 5.74) is 3.22. The highest BCUT2D eigenvalue weighted by molar-refractivity contribution is 7.14. The lowest BCUT2D eigenvalue weighted by Crippen LogP contribution is -2.20. The van der Waals surface area contributed by atoms with Crippen LogP contribution in [0, 0.1) is 5.92 Å². The van der Waals surface area contributed by atoms with Gasteiger partial charge in [-0.05, 0) is 66.8 Å². The van der Waals surface area contributed by atoms with Crippen molar-refractivity contribution in [2.75, 3.05) is 11.9 Å². The molecule has 0 aliphatic heterocycles. The number of rotatable bonds is 6. The molecular weight excluding hydrogens is 358 g/mol. The number of ether oxygens (including phenoxy) is 1. The molecule has 0 spiro atoms. The molecule has 5 heteroatoms. The number of anilines is 1. The molecule has 1 aliphatic rings. The van der Waals surface area contributed by atoms with E-state index in [1.165, 1.54) is 33.8 Å². The lowest BCUT2D eigenvalue weighted by molar-refractivity contribution is -0.119. The molecule has 1 aromatic heterocycles. The summed E-state index contributed by atoms with van der Waals surface area (Å²) in [7, 11) is 0. The van der Waals surface area contributed by atoms with Crippen LogP contribution in [-0.4, -0.2) is 18.5 Å². The van der Waals surface area contributed by atoms with Crippen molar-refractivity contribution in [2.24, 2.45) is 5.92 Å². The molecule has 2 atom stereocenters. The van der Waals surface area contributed by atoms with E-state index in [0.717, 1.165) is 19.3 Å². The average Bonchev–Trinajstić information content (AvgIpc) is 3.09. The molecule has 0 saturated heterocycles. The zero-order valence-electron chi connectivity index (χ0n) is 16.2. The molecule has 144 valence electrons. The summed E-state index contributed by atoms with van der Waals surface area (Å²) < 4.78 is 5.21. The first-order chi connectivity index (χ1) is 13.0. The third-order valence-corrected chi connectivity index (χ3v) is 6.46. The van der Waals surface area contributed by atoms with Gasteiger partial charge < -0.3 is 10.1 Å². The van der Waals surface area contributed by atoms with Crippen LogP contribution >= 0.6 is 11.3 Å². The van der Waals surface area contributed by atoms with E-state index < -0.39 is 5.97 Å². The van der Waals surface area contributed by atoms with Gasteiger partial charge >= 0.3 is 5.97 Å². The number of esters is 1. The van der Waals surface area contributed by atoms with E-state index in [9.17, 15) is 9.59 Å². The van der Waals surface area contributed by atoms with Gasteiger partial charge in [-0.15, -0.1) is 11.3 Å². The summed E-state index contributed by atoms with van der Waals surface area (Å²) in [5, 5.41) is 2.77. The summed E-state index contributed by atoms with van der Waals surface area (Å²) in [6.45, 7) is 6.29. The van der Waals surface area contributed by atoms with E-state index in [-0.39, 0.29) is 12.5 Å². The van der Waals surface area contributed by atoms with Crippen molar-refractivity contribution < 1.29 is 14.3 Å². The smallest absolute Gasteiger partial charge is 0.348 e. The second kappa shape index (κ2) is 8.70. The summed E-state index contributed by atoms with van der Waals surface area (Å²) >= 11 is 1.50. The van der Waals surface area contributed by atoms with Gasteiger partial charge in [-0.25, -0.2) is 4.79 Å². The van der Waals surface area contributed by atoms with Crippen molar-refractivity contribution in [1.29, 1.82) is 0 Å². The molecule has 1 N–H and O–H groups in total. The Morgan fingerprint density at radius 3 is 2.74 bits per heavy atom. The van der Waals surface area contributed by atoms with E-state index in [0.29, 0.717) is 22.4 Å². The van der Waals surface area contributed by atoms with Gasteiger partial charge in [0.05, 0.1) is 0 Å². The lowest BCUT2D eigenvalue weighted by Gasteiger charge is -2.16. The maximum Gasteiger partial charge on any atom is 0.348 e. The topological polar surface area (TPSA) is 55.4 Å². The van der Waals surface area contributed by atoms with Crippen LogP contribution in [-0.2, 0) is 22.4 Å². The van der Waals surface area contributed by atoms with Gasteiger partial charge in [-0.2, -0.15) is 0 Å². The molecule has 1 heterocycles. The number of hydrogen-bond acceptors (Lipinski definition) is 4. The van der Waals surface area contributed by atoms with Gasteiger partial charge in [-0.3, -0.25) is 4.79 Å². The summed E-state index contributed by atoms with van der Waals surface area (Å²) in [4.78, 5) is 26.2. The second-order valence-electron chi connectivity index (χ2n) is 7.46. The van der Waals surface area contributed by atoms with Crippen molar-refractivity contribution in [3.8, 4) is 0 Å². The number of carbonyl (C=O) groups is 2. The quantitative estimate of drug-likeness (QED) is 0.697. The van der Waals surface area contributed by atoms with Crippen LogP contribution in [0.5, 0.6) is 0 Å². The Bertz CT molecular complexity index is 809. The van der Waals surface area contributed by atoms with Crippen LogP contribution in [0.25, 0.3) is 0 Å². The highest BCUT2D eigenvalue weighted by atomic mass is 32.1. The molecule has 0 fully saturated rings. The van der Waals surface area contributed by atoms with Crippen LogP contribution in [0.2, 0.25) is 0 Å². The normalized spacial score (nSPS) is 17.1. The Hall–Kier alpha value is -2.14. The van der Waals surface area contributed by atoms with Crippen LogP contribution in [0.1, 0.15) is 65.2 Å². The Balaban J connectivity index is 1.51. The molecule has 0 radical (unpaired) electrons. The molecule has 0 saturated carbocycles. The summed E-state index contributed by atoms with van der Waals surface area (Å²) in [5.74, 6) is 0.419. The van der Waals surface area contributed by atoms with Gasteiger partial charge in [0, 0.05) is 10.6 Å². The van der Waals surface area contributed by atoms with Crippen molar-refractivity contribution in [1.82, 2.24) is 0 Å². The number of carbonyl (C=O) groups excluding carboxylic acids is 2. The maximum absolute atomic E-state index is 12.3.